The molecule has 2 aromatic rings. The molecule has 3 atom stereocenters. The predicted molar refractivity (Wildman–Crippen MR) is 138 cm³/mol. The van der Waals surface area contributed by atoms with Gasteiger partial charge in [0.1, 0.15) is 0 Å². The van der Waals surface area contributed by atoms with Gasteiger partial charge in [-0.2, -0.15) is 13.2 Å². The normalized spacial score (nSPS) is 22.4. The fourth-order valence-corrected chi connectivity index (χ4v) is 5.37. The van der Waals surface area contributed by atoms with E-state index in [1.807, 2.05) is 33.8 Å². The molecule has 1 nitrogen and oxygen atoms in total. The van der Waals surface area contributed by atoms with Crippen LogP contribution < -0.4 is 0 Å². The number of alkyl halides is 3. The number of ketones is 1. The summed E-state index contributed by atoms with van der Waals surface area (Å²) in [5.41, 5.74) is 0.936. The van der Waals surface area contributed by atoms with E-state index in [1.54, 1.807) is 6.07 Å². The Bertz CT molecular complexity index is 974. The van der Waals surface area contributed by atoms with E-state index >= 15 is 0 Å². The van der Waals surface area contributed by atoms with Gasteiger partial charge in [-0.15, -0.1) is 0 Å². The first-order chi connectivity index (χ1) is 16.4. The van der Waals surface area contributed by atoms with Crippen molar-refractivity contribution < 1.29 is 18.0 Å². The molecule has 0 spiro atoms. The molecule has 0 saturated heterocycles. The van der Waals surface area contributed by atoms with E-state index in [4.69, 9.17) is 0 Å². The van der Waals surface area contributed by atoms with Gasteiger partial charge in [-0.1, -0.05) is 77.8 Å². The first kappa shape index (κ1) is 27.5. The molecule has 0 N–H and O–H groups in total. The summed E-state index contributed by atoms with van der Waals surface area (Å²) in [6.07, 6.45) is 2.06. The Balaban J connectivity index is 1.88. The molecule has 1 aliphatic carbocycles. The average Bonchev–Trinajstić information content (AvgIpc) is 2.88. The lowest BCUT2D eigenvalue weighted by Gasteiger charge is -2.31. The van der Waals surface area contributed by atoms with Crippen molar-refractivity contribution in [1.82, 2.24) is 0 Å². The summed E-state index contributed by atoms with van der Waals surface area (Å²) < 4.78 is 41.4. The van der Waals surface area contributed by atoms with Crippen LogP contribution in [0.3, 0.4) is 0 Å². The Hall–Kier alpha value is -2.10. The second-order valence-electron chi connectivity index (χ2n) is 11.6. The van der Waals surface area contributed by atoms with Crippen molar-refractivity contribution in [3.63, 3.8) is 0 Å². The number of hydrogen-bond acceptors (Lipinski definition) is 1. The van der Waals surface area contributed by atoms with Crippen LogP contribution in [0, 0.1) is 23.7 Å². The molecule has 0 radical (unpaired) electrons. The van der Waals surface area contributed by atoms with Gasteiger partial charge in [-0.25, -0.2) is 0 Å². The van der Waals surface area contributed by atoms with Crippen molar-refractivity contribution in [2.24, 2.45) is 23.7 Å². The first-order valence-electron chi connectivity index (χ1n) is 13.2. The molecule has 1 aliphatic rings. The van der Waals surface area contributed by atoms with E-state index < -0.39 is 17.2 Å². The highest BCUT2D eigenvalue weighted by Crippen LogP contribution is 2.39. The van der Waals surface area contributed by atoms with Gasteiger partial charge in [0.2, 0.25) is 0 Å². The third kappa shape index (κ3) is 7.21. The standard InChI is InChI=1S/C31H41F3O/c1-21(2)30(4,5)27-18-26(19-28(20-27)31(32,33)34)29(35)25-13-9-10-22(3)16-24(14-15-25)17-23-11-7-6-8-12-23/h6-8,11-12,18-22,24-25H,9-10,13-17H2,1-5H3. The number of halogens is 3. The van der Waals surface area contributed by atoms with Crippen LogP contribution in [0.25, 0.3) is 0 Å². The van der Waals surface area contributed by atoms with Gasteiger partial charge < -0.3 is 0 Å². The van der Waals surface area contributed by atoms with Crippen molar-refractivity contribution >= 4 is 5.78 Å². The van der Waals surface area contributed by atoms with Crippen molar-refractivity contribution in [2.75, 3.05) is 0 Å². The smallest absolute Gasteiger partial charge is 0.294 e. The lowest BCUT2D eigenvalue weighted by atomic mass is 9.73. The van der Waals surface area contributed by atoms with E-state index in [-0.39, 0.29) is 23.2 Å². The number of benzene rings is 2. The summed E-state index contributed by atoms with van der Waals surface area (Å²) in [5.74, 6) is 0.864. The zero-order valence-electron chi connectivity index (χ0n) is 21.9. The molecule has 192 valence electrons. The Morgan fingerprint density at radius 3 is 2.23 bits per heavy atom. The molecule has 3 rings (SSSR count). The maximum atomic E-state index is 13.8. The number of hydrogen-bond donors (Lipinski definition) is 0. The van der Waals surface area contributed by atoms with Gasteiger partial charge in [0.25, 0.3) is 0 Å². The summed E-state index contributed by atoms with van der Waals surface area (Å²) in [4.78, 5) is 13.7. The SMILES string of the molecule is CC1CCCC(C(=O)c2cc(C(F)(F)F)cc(C(C)(C)C(C)C)c2)CCC(Cc2ccccc2)C1. The summed E-state index contributed by atoms with van der Waals surface area (Å²) in [6.45, 7) is 10.2. The molecule has 4 heteroatoms. The maximum absolute atomic E-state index is 13.8. The lowest BCUT2D eigenvalue weighted by Crippen LogP contribution is -2.26. The summed E-state index contributed by atoms with van der Waals surface area (Å²) in [5, 5.41) is 0. The Morgan fingerprint density at radius 2 is 1.60 bits per heavy atom. The minimum absolute atomic E-state index is 0.120. The molecule has 35 heavy (non-hydrogen) atoms. The Morgan fingerprint density at radius 1 is 0.943 bits per heavy atom. The largest absolute Gasteiger partial charge is 0.416 e. The van der Waals surface area contributed by atoms with Crippen LogP contribution in [-0.4, -0.2) is 5.78 Å². The molecule has 0 heterocycles. The fraction of sp³-hybridized carbons (Fsp3) is 0.581. The molecule has 0 amide bonds. The van der Waals surface area contributed by atoms with Gasteiger partial charge >= 0.3 is 6.18 Å². The molecule has 3 unspecified atom stereocenters. The third-order valence-electron chi connectivity index (χ3n) is 8.38. The Labute approximate surface area is 209 Å². The number of Topliss-reactive ketones (excluding diaryl/α,β-unsaturated/α-hetero) is 1. The van der Waals surface area contributed by atoms with Crippen LogP contribution in [0.5, 0.6) is 0 Å². The summed E-state index contributed by atoms with van der Waals surface area (Å²) in [7, 11) is 0. The van der Waals surface area contributed by atoms with Crippen molar-refractivity contribution in [3.8, 4) is 0 Å². The third-order valence-corrected chi connectivity index (χ3v) is 8.38. The number of carbonyl (C=O) groups is 1. The second kappa shape index (κ2) is 11.3. The Kier molecular flexibility index (Phi) is 8.88. The molecule has 0 aromatic heterocycles. The summed E-state index contributed by atoms with van der Waals surface area (Å²) >= 11 is 0. The molecule has 1 fully saturated rings. The van der Waals surface area contributed by atoms with Crippen LogP contribution >= 0.6 is 0 Å². The van der Waals surface area contributed by atoms with E-state index in [2.05, 4.69) is 31.2 Å². The van der Waals surface area contributed by atoms with Crippen molar-refractivity contribution in [1.29, 1.82) is 0 Å². The summed E-state index contributed by atoms with van der Waals surface area (Å²) in [6, 6.07) is 14.5. The molecular weight excluding hydrogens is 445 g/mol. The molecule has 0 bridgehead atoms. The first-order valence-corrected chi connectivity index (χ1v) is 13.2. The second-order valence-corrected chi connectivity index (χ2v) is 11.6. The minimum Gasteiger partial charge on any atom is -0.294 e. The predicted octanol–water partition coefficient (Wildman–Crippen LogP) is 9.29. The van der Waals surface area contributed by atoms with E-state index in [0.29, 0.717) is 17.4 Å². The van der Waals surface area contributed by atoms with Crippen LogP contribution in [0.1, 0.15) is 100 Å². The van der Waals surface area contributed by atoms with Crippen LogP contribution in [0.4, 0.5) is 13.2 Å². The van der Waals surface area contributed by atoms with Crippen LogP contribution in [0.2, 0.25) is 0 Å². The van der Waals surface area contributed by atoms with Gasteiger partial charge in [0.15, 0.2) is 5.78 Å². The average molecular weight is 487 g/mol. The zero-order valence-corrected chi connectivity index (χ0v) is 21.9. The quantitative estimate of drug-likeness (QED) is 0.372. The van der Waals surface area contributed by atoms with Crippen LogP contribution in [0.15, 0.2) is 48.5 Å². The monoisotopic (exact) mass is 486 g/mol. The highest BCUT2D eigenvalue weighted by atomic mass is 19.4. The number of carbonyl (C=O) groups excluding carboxylic acids is 1. The van der Waals surface area contributed by atoms with Crippen LogP contribution in [-0.2, 0) is 18.0 Å². The van der Waals surface area contributed by atoms with E-state index in [0.717, 1.165) is 51.0 Å². The van der Waals surface area contributed by atoms with Gasteiger partial charge in [-0.3, -0.25) is 4.79 Å². The van der Waals surface area contributed by atoms with Gasteiger partial charge in [0.05, 0.1) is 5.56 Å². The van der Waals surface area contributed by atoms with E-state index in [1.165, 1.54) is 11.6 Å². The maximum Gasteiger partial charge on any atom is 0.416 e. The van der Waals surface area contributed by atoms with Crippen molar-refractivity contribution in [3.05, 3.63) is 70.8 Å². The zero-order chi connectivity index (χ0) is 25.8. The molecule has 2 aromatic carbocycles. The molecule has 0 aliphatic heterocycles. The minimum atomic E-state index is -4.48. The lowest BCUT2D eigenvalue weighted by molar-refractivity contribution is -0.137. The van der Waals surface area contributed by atoms with Gasteiger partial charge in [0, 0.05) is 11.5 Å². The molecule has 1 saturated carbocycles. The fourth-order valence-electron chi connectivity index (χ4n) is 5.37. The van der Waals surface area contributed by atoms with Crippen molar-refractivity contribution in [2.45, 2.75) is 91.2 Å². The highest BCUT2D eigenvalue weighted by Gasteiger charge is 2.35. The topological polar surface area (TPSA) is 17.1 Å². The van der Waals surface area contributed by atoms with E-state index in [9.17, 15) is 18.0 Å². The highest BCUT2D eigenvalue weighted by molar-refractivity contribution is 5.98. The molecular formula is C31H41F3O. The van der Waals surface area contributed by atoms with Gasteiger partial charge in [-0.05, 0) is 84.6 Å². The number of rotatable bonds is 6.